The highest BCUT2D eigenvalue weighted by Gasteiger charge is 2.29. The summed E-state index contributed by atoms with van der Waals surface area (Å²) >= 11 is 13.3. The molecule has 1 fully saturated rings. The Kier molecular flexibility index (Phi) is 5.20. The molecule has 0 bridgehead atoms. The van der Waals surface area contributed by atoms with Crippen molar-refractivity contribution in [3.63, 3.8) is 0 Å². The molecular formula is C14H14Cl2N2O3S2. The molecule has 1 atom stereocenters. The maximum Gasteiger partial charge on any atom is 0.276 e. The van der Waals surface area contributed by atoms with Gasteiger partial charge in [0.1, 0.15) is 0 Å². The van der Waals surface area contributed by atoms with Gasteiger partial charge in [0.25, 0.3) is 5.22 Å². The van der Waals surface area contributed by atoms with Crippen molar-refractivity contribution in [2.24, 2.45) is 5.92 Å². The Morgan fingerprint density at radius 3 is 2.78 bits per heavy atom. The summed E-state index contributed by atoms with van der Waals surface area (Å²) in [4.78, 5) is 0. The smallest absolute Gasteiger partial charge is 0.276 e. The Bertz CT molecular complexity index is 808. The van der Waals surface area contributed by atoms with Gasteiger partial charge < -0.3 is 4.42 Å². The summed E-state index contributed by atoms with van der Waals surface area (Å²) in [5, 5.41) is 9.48. The van der Waals surface area contributed by atoms with Crippen molar-refractivity contribution in [2.75, 3.05) is 11.5 Å². The molecule has 1 saturated heterocycles. The Morgan fingerprint density at radius 1 is 1.26 bits per heavy atom. The number of rotatable bonds is 5. The lowest BCUT2D eigenvalue weighted by atomic mass is 10.1. The largest absolute Gasteiger partial charge is 0.416 e. The van der Waals surface area contributed by atoms with Gasteiger partial charge in [0.15, 0.2) is 9.84 Å². The molecule has 1 aliphatic rings. The fraction of sp³-hybridized carbons (Fsp3) is 0.429. The predicted molar refractivity (Wildman–Crippen MR) is 90.8 cm³/mol. The maximum atomic E-state index is 11.5. The summed E-state index contributed by atoms with van der Waals surface area (Å²) in [6.07, 6.45) is 1.18. The van der Waals surface area contributed by atoms with Crippen LogP contribution in [0.3, 0.4) is 0 Å². The fourth-order valence-corrected chi connectivity index (χ4v) is 5.34. The molecule has 1 aromatic heterocycles. The number of aromatic nitrogens is 2. The topological polar surface area (TPSA) is 73.1 Å². The summed E-state index contributed by atoms with van der Waals surface area (Å²) in [5.41, 5.74) is 1.01. The van der Waals surface area contributed by atoms with Gasteiger partial charge in [-0.3, -0.25) is 0 Å². The number of benzene rings is 1. The molecule has 0 radical (unpaired) electrons. The molecule has 5 nitrogen and oxygen atoms in total. The molecule has 2 aromatic rings. The van der Waals surface area contributed by atoms with E-state index in [0.29, 0.717) is 39.8 Å². The van der Waals surface area contributed by atoms with Crippen LogP contribution in [0.2, 0.25) is 10.0 Å². The number of nitrogens with zero attached hydrogens (tertiary/aromatic N) is 2. The molecule has 1 unspecified atom stereocenters. The fourth-order valence-electron chi connectivity index (χ4n) is 2.43. The zero-order valence-electron chi connectivity index (χ0n) is 12.0. The first-order chi connectivity index (χ1) is 10.9. The summed E-state index contributed by atoms with van der Waals surface area (Å²) in [6, 6.07) is 5.44. The van der Waals surface area contributed by atoms with E-state index in [1.165, 1.54) is 11.8 Å². The minimum atomic E-state index is -2.88. The Morgan fingerprint density at radius 2 is 2.09 bits per heavy atom. The number of sulfone groups is 1. The lowest BCUT2D eigenvalue weighted by molar-refractivity contribution is 0.389. The highest BCUT2D eigenvalue weighted by Crippen LogP contribution is 2.28. The summed E-state index contributed by atoms with van der Waals surface area (Å²) in [5.74, 6) is 1.67. The molecule has 1 aromatic carbocycles. The summed E-state index contributed by atoms with van der Waals surface area (Å²) in [7, 11) is -2.88. The van der Waals surface area contributed by atoms with Crippen LogP contribution in [0.5, 0.6) is 0 Å². The minimum absolute atomic E-state index is 0.0772. The van der Waals surface area contributed by atoms with E-state index in [0.717, 1.165) is 5.56 Å². The van der Waals surface area contributed by atoms with Crippen LogP contribution in [-0.2, 0) is 22.0 Å². The molecule has 23 heavy (non-hydrogen) atoms. The van der Waals surface area contributed by atoms with Crippen LogP contribution in [0, 0.1) is 5.92 Å². The first kappa shape index (κ1) is 17.1. The van der Waals surface area contributed by atoms with Gasteiger partial charge in [0.2, 0.25) is 5.89 Å². The van der Waals surface area contributed by atoms with Gasteiger partial charge in [-0.25, -0.2) is 8.42 Å². The number of halogens is 2. The quantitative estimate of drug-likeness (QED) is 0.722. The van der Waals surface area contributed by atoms with E-state index in [9.17, 15) is 8.42 Å². The minimum Gasteiger partial charge on any atom is -0.416 e. The highest BCUT2D eigenvalue weighted by molar-refractivity contribution is 7.98. The number of thioether (sulfide) groups is 1. The van der Waals surface area contributed by atoms with E-state index >= 15 is 0 Å². The first-order valence-electron chi connectivity index (χ1n) is 7.01. The van der Waals surface area contributed by atoms with Crippen LogP contribution < -0.4 is 0 Å². The van der Waals surface area contributed by atoms with Crippen LogP contribution in [0.15, 0.2) is 27.8 Å². The van der Waals surface area contributed by atoms with E-state index in [-0.39, 0.29) is 17.4 Å². The second-order valence-electron chi connectivity index (χ2n) is 5.47. The van der Waals surface area contributed by atoms with Crippen molar-refractivity contribution in [3.8, 4) is 0 Å². The predicted octanol–water partition coefficient (Wildman–Crippen LogP) is 3.65. The van der Waals surface area contributed by atoms with Crippen molar-refractivity contribution in [2.45, 2.75) is 23.8 Å². The SMILES string of the molecule is O=S1(=O)CCC(Cc2nnc(SCc3ccc(Cl)c(Cl)c3)o2)C1. The van der Waals surface area contributed by atoms with Crippen LogP contribution in [0.1, 0.15) is 17.9 Å². The van der Waals surface area contributed by atoms with Crippen LogP contribution in [0.25, 0.3) is 0 Å². The van der Waals surface area contributed by atoms with Gasteiger partial charge in [0.05, 0.1) is 21.6 Å². The normalized spacial score (nSPS) is 20.0. The maximum absolute atomic E-state index is 11.5. The van der Waals surface area contributed by atoms with Crippen LogP contribution in [0.4, 0.5) is 0 Å². The van der Waals surface area contributed by atoms with Gasteiger partial charge >= 0.3 is 0 Å². The van der Waals surface area contributed by atoms with E-state index in [1.54, 1.807) is 12.1 Å². The van der Waals surface area contributed by atoms with Crippen molar-refractivity contribution < 1.29 is 12.8 Å². The second-order valence-corrected chi connectivity index (χ2v) is 9.44. The Balaban J connectivity index is 1.56. The molecular weight excluding hydrogens is 379 g/mol. The van der Waals surface area contributed by atoms with Crippen molar-refractivity contribution in [3.05, 3.63) is 39.7 Å². The molecule has 9 heteroatoms. The summed E-state index contributed by atoms with van der Waals surface area (Å²) < 4.78 is 28.5. The number of hydrogen-bond donors (Lipinski definition) is 0. The van der Waals surface area contributed by atoms with Gasteiger partial charge in [0, 0.05) is 12.2 Å². The zero-order valence-corrected chi connectivity index (χ0v) is 15.2. The Labute approximate surface area is 148 Å². The van der Waals surface area contributed by atoms with E-state index in [1.807, 2.05) is 6.07 Å². The molecule has 0 aliphatic carbocycles. The average Bonchev–Trinajstić information content (AvgIpc) is 3.07. The number of hydrogen-bond acceptors (Lipinski definition) is 6. The molecule has 0 N–H and O–H groups in total. The molecule has 3 rings (SSSR count). The third-order valence-corrected chi connectivity index (χ3v) is 7.05. The Hall–Kier alpha value is -0.760. The molecule has 0 saturated carbocycles. The molecule has 0 amide bonds. The van der Waals surface area contributed by atoms with Gasteiger partial charge in [-0.1, -0.05) is 41.0 Å². The average molecular weight is 393 g/mol. The van der Waals surface area contributed by atoms with E-state index in [2.05, 4.69) is 10.2 Å². The van der Waals surface area contributed by atoms with Gasteiger partial charge in [-0.2, -0.15) is 0 Å². The standard InChI is InChI=1S/C14H14Cl2N2O3S2/c15-11-2-1-9(5-12(11)16)7-22-14-18-17-13(21-14)6-10-3-4-23(19,20)8-10/h1-2,5,10H,3-4,6-8H2. The second kappa shape index (κ2) is 7.01. The van der Waals surface area contributed by atoms with Crippen LogP contribution >= 0.6 is 35.0 Å². The summed E-state index contributed by atoms with van der Waals surface area (Å²) in [6.45, 7) is 0. The highest BCUT2D eigenvalue weighted by atomic mass is 35.5. The third-order valence-electron chi connectivity index (χ3n) is 3.58. The van der Waals surface area contributed by atoms with Crippen molar-refractivity contribution in [1.29, 1.82) is 0 Å². The van der Waals surface area contributed by atoms with E-state index < -0.39 is 9.84 Å². The molecule has 124 valence electrons. The monoisotopic (exact) mass is 392 g/mol. The first-order valence-corrected chi connectivity index (χ1v) is 10.6. The van der Waals surface area contributed by atoms with Crippen LogP contribution in [-0.4, -0.2) is 30.1 Å². The molecule has 1 aliphatic heterocycles. The molecule has 0 spiro atoms. The van der Waals surface area contributed by atoms with Gasteiger partial charge in [-0.15, -0.1) is 10.2 Å². The third kappa shape index (κ3) is 4.62. The van der Waals surface area contributed by atoms with Crippen molar-refractivity contribution >= 4 is 44.8 Å². The molecule has 2 heterocycles. The zero-order chi connectivity index (χ0) is 16.4. The van der Waals surface area contributed by atoms with Gasteiger partial charge in [-0.05, 0) is 30.0 Å². The lowest BCUT2D eigenvalue weighted by Crippen LogP contribution is -2.07. The van der Waals surface area contributed by atoms with E-state index in [4.69, 9.17) is 27.6 Å². The lowest BCUT2D eigenvalue weighted by Gasteiger charge is -2.02. The van der Waals surface area contributed by atoms with Crippen molar-refractivity contribution in [1.82, 2.24) is 10.2 Å².